The molecule has 0 N–H and O–H groups in total. The second kappa shape index (κ2) is 7.16. The van der Waals surface area contributed by atoms with Crippen molar-refractivity contribution in [1.29, 1.82) is 5.26 Å². The largest absolute Gasteiger partial charge is 0.490 e. The molecule has 0 unspecified atom stereocenters. The van der Waals surface area contributed by atoms with E-state index in [1.54, 1.807) is 0 Å². The summed E-state index contributed by atoms with van der Waals surface area (Å²) in [4.78, 5) is 2.53. The zero-order valence-electron chi connectivity index (χ0n) is 11.6. The Morgan fingerprint density at radius 2 is 1.95 bits per heavy atom. The first-order chi connectivity index (χ1) is 9.31. The molecule has 1 aromatic rings. The number of hydrogen-bond acceptors (Lipinski definition) is 3. The van der Waals surface area contributed by atoms with Crippen molar-refractivity contribution in [3.05, 3.63) is 29.8 Å². The summed E-state index contributed by atoms with van der Waals surface area (Å²) in [5.74, 6) is 0.881. The van der Waals surface area contributed by atoms with Crippen LogP contribution in [0.1, 0.15) is 38.2 Å². The van der Waals surface area contributed by atoms with Gasteiger partial charge in [-0.25, -0.2) is 0 Å². The van der Waals surface area contributed by atoms with Crippen molar-refractivity contribution in [3.63, 3.8) is 0 Å². The van der Waals surface area contributed by atoms with Gasteiger partial charge < -0.3 is 9.64 Å². The fraction of sp³-hybridized carbons (Fsp3) is 0.562. The van der Waals surface area contributed by atoms with Gasteiger partial charge in [0.05, 0.1) is 11.6 Å². The predicted octanol–water partition coefficient (Wildman–Crippen LogP) is 3.20. The van der Waals surface area contributed by atoms with Gasteiger partial charge >= 0.3 is 0 Å². The molecule has 0 atom stereocenters. The molecule has 1 aromatic carbocycles. The van der Waals surface area contributed by atoms with E-state index in [-0.39, 0.29) is 0 Å². The quantitative estimate of drug-likeness (QED) is 0.813. The minimum atomic E-state index is 0.325. The lowest BCUT2D eigenvalue weighted by molar-refractivity contribution is 0.0998. The maximum absolute atomic E-state index is 8.75. The zero-order chi connectivity index (χ0) is 13.5. The van der Waals surface area contributed by atoms with Gasteiger partial charge in [-0.15, -0.1) is 0 Å². The molecule has 2 rings (SSSR count). The monoisotopic (exact) mass is 258 g/mol. The van der Waals surface area contributed by atoms with Crippen LogP contribution in [0.2, 0.25) is 0 Å². The molecular weight excluding hydrogens is 236 g/mol. The van der Waals surface area contributed by atoms with Crippen molar-refractivity contribution >= 4 is 0 Å². The van der Waals surface area contributed by atoms with Crippen LogP contribution in [0.3, 0.4) is 0 Å². The van der Waals surface area contributed by atoms with Crippen molar-refractivity contribution in [2.45, 2.75) is 38.7 Å². The van der Waals surface area contributed by atoms with Crippen molar-refractivity contribution in [1.82, 2.24) is 4.90 Å². The molecule has 0 radical (unpaired) electrons. The van der Waals surface area contributed by atoms with Gasteiger partial charge in [0.2, 0.25) is 0 Å². The van der Waals surface area contributed by atoms with Gasteiger partial charge in [0.1, 0.15) is 11.9 Å². The Kier molecular flexibility index (Phi) is 5.23. The van der Waals surface area contributed by atoms with Crippen molar-refractivity contribution in [2.75, 3.05) is 19.6 Å². The Morgan fingerprint density at radius 1 is 1.26 bits per heavy atom. The van der Waals surface area contributed by atoms with Crippen LogP contribution in [0.5, 0.6) is 5.75 Å². The fourth-order valence-corrected chi connectivity index (χ4v) is 2.43. The molecule has 3 nitrogen and oxygen atoms in total. The van der Waals surface area contributed by atoms with Gasteiger partial charge in [0.15, 0.2) is 0 Å². The number of ether oxygens (including phenoxy) is 1. The second-order valence-corrected chi connectivity index (χ2v) is 5.15. The number of likely N-dealkylation sites (tertiary alicyclic amines) is 1. The number of piperidine rings is 1. The van der Waals surface area contributed by atoms with E-state index in [1.165, 1.54) is 19.4 Å². The van der Waals surface area contributed by atoms with Crippen molar-refractivity contribution in [2.24, 2.45) is 0 Å². The normalized spacial score (nSPS) is 17.1. The summed E-state index contributed by atoms with van der Waals surface area (Å²) in [6.07, 6.45) is 5.08. The highest BCUT2D eigenvalue weighted by molar-refractivity contribution is 5.34. The Bertz CT molecular complexity index is 413. The summed E-state index contributed by atoms with van der Waals surface area (Å²) in [6.45, 7) is 5.74. The Morgan fingerprint density at radius 3 is 2.53 bits per heavy atom. The van der Waals surface area contributed by atoms with Crippen LogP contribution in [0.15, 0.2) is 24.3 Å². The number of rotatable bonds is 5. The third kappa shape index (κ3) is 4.25. The lowest BCUT2D eigenvalue weighted by Crippen LogP contribution is -2.38. The van der Waals surface area contributed by atoms with Gasteiger partial charge in [0, 0.05) is 13.1 Å². The molecule has 1 heterocycles. The molecule has 0 aliphatic carbocycles. The number of nitriles is 1. The molecule has 0 aromatic heterocycles. The van der Waals surface area contributed by atoms with E-state index in [2.05, 4.69) is 17.9 Å². The molecule has 19 heavy (non-hydrogen) atoms. The van der Waals surface area contributed by atoms with Crippen LogP contribution < -0.4 is 4.74 Å². The predicted molar refractivity (Wildman–Crippen MR) is 76.2 cm³/mol. The highest BCUT2D eigenvalue weighted by Crippen LogP contribution is 2.19. The first-order valence-corrected chi connectivity index (χ1v) is 7.21. The zero-order valence-corrected chi connectivity index (χ0v) is 11.6. The average molecular weight is 258 g/mol. The Labute approximate surface area is 115 Å². The van der Waals surface area contributed by atoms with Crippen molar-refractivity contribution in [3.8, 4) is 11.8 Å². The topological polar surface area (TPSA) is 36.3 Å². The lowest BCUT2D eigenvalue weighted by Gasteiger charge is -2.32. The Balaban J connectivity index is 1.77. The minimum Gasteiger partial charge on any atom is -0.490 e. The summed E-state index contributed by atoms with van der Waals surface area (Å²) in [5, 5.41) is 8.75. The second-order valence-electron chi connectivity index (χ2n) is 5.15. The summed E-state index contributed by atoms with van der Waals surface area (Å²) in [6, 6.07) is 9.53. The summed E-state index contributed by atoms with van der Waals surface area (Å²) < 4.78 is 5.97. The lowest BCUT2D eigenvalue weighted by atomic mass is 10.1. The third-order valence-electron chi connectivity index (χ3n) is 3.65. The molecular formula is C16H22N2O. The van der Waals surface area contributed by atoms with Crippen LogP contribution in [-0.4, -0.2) is 30.6 Å². The van der Waals surface area contributed by atoms with Crippen LogP contribution in [-0.2, 0) is 0 Å². The summed E-state index contributed by atoms with van der Waals surface area (Å²) >= 11 is 0. The minimum absolute atomic E-state index is 0.325. The van der Waals surface area contributed by atoms with Crippen molar-refractivity contribution < 1.29 is 4.74 Å². The average Bonchev–Trinajstić information content (AvgIpc) is 2.47. The molecule has 0 amide bonds. The van der Waals surface area contributed by atoms with Gasteiger partial charge in [-0.3, -0.25) is 0 Å². The van der Waals surface area contributed by atoms with E-state index in [9.17, 15) is 0 Å². The highest BCUT2D eigenvalue weighted by Gasteiger charge is 2.19. The van der Waals surface area contributed by atoms with E-state index in [0.29, 0.717) is 11.7 Å². The van der Waals surface area contributed by atoms with Crippen LogP contribution in [0.4, 0.5) is 0 Å². The molecule has 1 aliphatic rings. The Hall–Kier alpha value is -1.53. The van der Waals surface area contributed by atoms with E-state index in [4.69, 9.17) is 10.00 Å². The number of unbranched alkanes of at least 4 members (excludes halogenated alkanes) is 1. The molecule has 0 bridgehead atoms. The summed E-state index contributed by atoms with van der Waals surface area (Å²) in [5.41, 5.74) is 0.682. The van der Waals surface area contributed by atoms with E-state index in [0.717, 1.165) is 31.7 Å². The smallest absolute Gasteiger partial charge is 0.119 e. The third-order valence-corrected chi connectivity index (χ3v) is 3.65. The van der Waals surface area contributed by atoms with E-state index >= 15 is 0 Å². The molecule has 3 heteroatoms. The van der Waals surface area contributed by atoms with Crippen LogP contribution in [0, 0.1) is 11.3 Å². The van der Waals surface area contributed by atoms with E-state index < -0.39 is 0 Å². The highest BCUT2D eigenvalue weighted by atomic mass is 16.5. The molecule has 0 saturated carbocycles. The van der Waals surface area contributed by atoms with E-state index in [1.807, 2.05) is 24.3 Å². The van der Waals surface area contributed by atoms with Gasteiger partial charge in [-0.2, -0.15) is 5.26 Å². The number of hydrogen-bond donors (Lipinski definition) is 0. The van der Waals surface area contributed by atoms with Crippen LogP contribution >= 0.6 is 0 Å². The number of benzene rings is 1. The first kappa shape index (κ1) is 13.9. The van der Waals surface area contributed by atoms with Gasteiger partial charge in [-0.1, -0.05) is 13.3 Å². The standard InChI is InChI=1S/C16H22N2O/c1-2-3-10-18-11-8-16(9-12-18)19-15-6-4-14(13-17)5-7-15/h4-7,16H,2-3,8-12H2,1H3. The molecule has 102 valence electrons. The van der Waals surface area contributed by atoms with Gasteiger partial charge in [-0.05, 0) is 50.1 Å². The van der Waals surface area contributed by atoms with Crippen LogP contribution in [0.25, 0.3) is 0 Å². The summed E-state index contributed by atoms with van der Waals surface area (Å²) in [7, 11) is 0. The van der Waals surface area contributed by atoms with Gasteiger partial charge in [0.25, 0.3) is 0 Å². The first-order valence-electron chi connectivity index (χ1n) is 7.21. The molecule has 1 aliphatic heterocycles. The molecule has 1 saturated heterocycles. The SMILES string of the molecule is CCCCN1CCC(Oc2ccc(C#N)cc2)CC1. The maximum atomic E-state index is 8.75. The number of nitrogens with zero attached hydrogens (tertiary/aromatic N) is 2. The molecule has 0 spiro atoms. The molecule has 1 fully saturated rings. The maximum Gasteiger partial charge on any atom is 0.119 e. The fourth-order valence-electron chi connectivity index (χ4n) is 2.43.